The molecule has 1 aromatic carbocycles. The highest BCUT2D eigenvalue weighted by Crippen LogP contribution is 2.39. The molecule has 1 aliphatic rings. The molecule has 0 saturated carbocycles. The molecule has 1 unspecified atom stereocenters. The highest BCUT2D eigenvalue weighted by Gasteiger charge is 2.32. The van der Waals surface area contributed by atoms with Crippen molar-refractivity contribution in [2.24, 2.45) is 4.99 Å². The summed E-state index contributed by atoms with van der Waals surface area (Å²) in [6, 6.07) is 6.79. The first-order chi connectivity index (χ1) is 15.3. The Labute approximate surface area is 194 Å². The van der Waals surface area contributed by atoms with Crippen molar-refractivity contribution in [1.82, 2.24) is 14.8 Å². The van der Waals surface area contributed by atoms with Crippen LogP contribution in [0.1, 0.15) is 45.7 Å². The van der Waals surface area contributed by atoms with Crippen LogP contribution in [-0.2, 0) is 9.53 Å². The predicted octanol–water partition coefficient (Wildman–Crippen LogP) is 3.09. The number of aryl methyl sites for hydroxylation is 2. The minimum Gasteiger partial charge on any atom is -0.463 e. The van der Waals surface area contributed by atoms with Crippen molar-refractivity contribution in [3.63, 3.8) is 0 Å². The van der Waals surface area contributed by atoms with Crippen molar-refractivity contribution < 1.29 is 19.7 Å². The summed E-state index contributed by atoms with van der Waals surface area (Å²) in [5.74, 6) is 0.699. The number of esters is 1. The fourth-order valence-electron chi connectivity index (χ4n) is 3.59. The van der Waals surface area contributed by atoms with Gasteiger partial charge in [0.05, 0.1) is 18.7 Å². The van der Waals surface area contributed by atoms with Gasteiger partial charge in [0.25, 0.3) is 0 Å². The van der Waals surface area contributed by atoms with Gasteiger partial charge < -0.3 is 14.9 Å². The first-order valence-corrected chi connectivity index (χ1v) is 11.3. The zero-order chi connectivity index (χ0) is 23.0. The molecule has 0 aliphatic carbocycles. The van der Waals surface area contributed by atoms with Gasteiger partial charge in [0.15, 0.2) is 5.82 Å². The van der Waals surface area contributed by atoms with Crippen molar-refractivity contribution >= 4 is 34.6 Å². The molecular weight excluding hydrogens is 452 g/mol. The van der Waals surface area contributed by atoms with E-state index in [0.29, 0.717) is 16.7 Å². The van der Waals surface area contributed by atoms with Crippen LogP contribution in [0.25, 0.3) is 5.00 Å². The molecule has 2 atom stereocenters. The molecule has 0 radical (unpaired) electrons. The predicted molar refractivity (Wildman–Crippen MR) is 122 cm³/mol. The normalized spacial score (nSPS) is 16.1. The van der Waals surface area contributed by atoms with E-state index >= 15 is 0 Å². The summed E-state index contributed by atoms with van der Waals surface area (Å²) in [4.78, 5) is 18.7. The second-order valence-corrected chi connectivity index (χ2v) is 9.27. The Morgan fingerprint density at radius 1 is 1.25 bits per heavy atom. The van der Waals surface area contributed by atoms with E-state index in [-0.39, 0.29) is 13.0 Å². The van der Waals surface area contributed by atoms with Gasteiger partial charge in [0.2, 0.25) is 0 Å². The zero-order valence-corrected chi connectivity index (χ0v) is 19.4. The molecule has 0 bridgehead atoms. The summed E-state index contributed by atoms with van der Waals surface area (Å²) >= 11 is 7.74. The zero-order valence-electron chi connectivity index (χ0n) is 17.9. The first kappa shape index (κ1) is 22.6. The monoisotopic (exact) mass is 474 g/mol. The molecule has 2 aromatic heterocycles. The Morgan fingerprint density at radius 2 is 1.97 bits per heavy atom. The lowest BCUT2D eigenvalue weighted by molar-refractivity contribution is -0.147. The number of halogens is 1. The Morgan fingerprint density at radius 3 is 2.66 bits per heavy atom. The lowest BCUT2D eigenvalue weighted by atomic mass is 9.99. The van der Waals surface area contributed by atoms with Crippen molar-refractivity contribution in [3.8, 4) is 5.00 Å². The average Bonchev–Trinajstić information content (AvgIpc) is 3.25. The molecule has 3 aromatic rings. The van der Waals surface area contributed by atoms with E-state index < -0.39 is 24.7 Å². The molecular formula is C22H23ClN4O4S. The SMILES string of the molecule is Cc1sc2c(c1C)C(c1ccc(Cl)cc1)=N[C@H](CC(=O)OCC(O)CO)c1nnc(C)n1-2. The number of hydrogen-bond acceptors (Lipinski definition) is 8. The van der Waals surface area contributed by atoms with Gasteiger partial charge in [0, 0.05) is 21.0 Å². The van der Waals surface area contributed by atoms with E-state index in [1.54, 1.807) is 11.3 Å². The Bertz CT molecular complexity index is 1190. The third-order valence-electron chi connectivity index (χ3n) is 5.36. The van der Waals surface area contributed by atoms with Crippen LogP contribution in [0.15, 0.2) is 29.3 Å². The quantitative estimate of drug-likeness (QED) is 0.531. The first-order valence-electron chi connectivity index (χ1n) is 10.1. The number of fused-ring (bicyclic) bond motifs is 3. The van der Waals surface area contributed by atoms with Gasteiger partial charge in [-0.2, -0.15) is 0 Å². The third-order valence-corrected chi connectivity index (χ3v) is 6.81. The number of aliphatic hydroxyl groups is 2. The third kappa shape index (κ3) is 4.21. The highest BCUT2D eigenvalue weighted by atomic mass is 35.5. The molecule has 168 valence electrons. The number of nitrogens with zero attached hydrogens (tertiary/aromatic N) is 4. The van der Waals surface area contributed by atoms with Crippen LogP contribution in [0.4, 0.5) is 0 Å². The van der Waals surface area contributed by atoms with Gasteiger partial charge in [-0.25, -0.2) is 0 Å². The van der Waals surface area contributed by atoms with Gasteiger partial charge in [0.1, 0.15) is 29.6 Å². The van der Waals surface area contributed by atoms with Gasteiger partial charge in [-0.3, -0.25) is 14.4 Å². The standard InChI is InChI=1S/C22H23ClN4O4S/c1-11-12(2)32-22-19(11)20(14-4-6-15(23)7-5-14)24-17(21-26-25-13(3)27(21)22)8-18(30)31-10-16(29)9-28/h4-7,16-17,28-29H,8-10H2,1-3H3/t16?,17-/m1/s1. The van der Waals surface area contributed by atoms with Crippen molar-refractivity contribution in [1.29, 1.82) is 0 Å². The van der Waals surface area contributed by atoms with Gasteiger partial charge in [-0.1, -0.05) is 23.7 Å². The van der Waals surface area contributed by atoms with E-state index in [0.717, 1.165) is 32.3 Å². The molecule has 0 fully saturated rings. The van der Waals surface area contributed by atoms with E-state index in [1.807, 2.05) is 35.8 Å². The van der Waals surface area contributed by atoms with Crippen LogP contribution in [0.3, 0.4) is 0 Å². The summed E-state index contributed by atoms with van der Waals surface area (Å²) in [6.07, 6.45) is -1.20. The van der Waals surface area contributed by atoms with Gasteiger partial charge >= 0.3 is 5.97 Å². The molecule has 4 rings (SSSR count). The van der Waals surface area contributed by atoms with Crippen LogP contribution in [0.2, 0.25) is 5.02 Å². The second-order valence-electron chi connectivity index (χ2n) is 7.63. The second kappa shape index (κ2) is 9.11. The lowest BCUT2D eigenvalue weighted by Gasteiger charge is -2.13. The minimum atomic E-state index is -1.12. The number of benzene rings is 1. The average molecular weight is 475 g/mol. The Balaban J connectivity index is 1.83. The Hall–Kier alpha value is -2.59. The topological polar surface area (TPSA) is 110 Å². The Kier molecular flexibility index (Phi) is 6.43. The molecule has 1 aliphatic heterocycles. The lowest BCUT2D eigenvalue weighted by Crippen LogP contribution is -2.23. The number of aliphatic hydroxyl groups excluding tert-OH is 2. The van der Waals surface area contributed by atoms with Gasteiger partial charge in [-0.15, -0.1) is 21.5 Å². The minimum absolute atomic E-state index is 0.0830. The maximum Gasteiger partial charge on any atom is 0.308 e. The maximum absolute atomic E-state index is 12.5. The fraction of sp³-hybridized carbons (Fsp3) is 0.364. The van der Waals surface area contributed by atoms with Crippen molar-refractivity contribution in [2.75, 3.05) is 13.2 Å². The summed E-state index contributed by atoms with van der Waals surface area (Å²) in [6.45, 7) is 5.22. The van der Waals surface area contributed by atoms with E-state index in [1.165, 1.54) is 0 Å². The number of aromatic nitrogens is 3. The van der Waals surface area contributed by atoms with Crippen LogP contribution in [-0.4, -0.2) is 56.0 Å². The molecule has 2 N–H and O–H groups in total. The van der Waals surface area contributed by atoms with Crippen LogP contribution in [0, 0.1) is 20.8 Å². The summed E-state index contributed by atoms with van der Waals surface area (Å²) in [5, 5.41) is 28.6. The molecule has 32 heavy (non-hydrogen) atoms. The van der Waals surface area contributed by atoms with Crippen molar-refractivity contribution in [2.45, 2.75) is 39.3 Å². The molecule has 8 nitrogen and oxygen atoms in total. The molecule has 0 amide bonds. The number of thiophene rings is 1. The van der Waals surface area contributed by atoms with Gasteiger partial charge in [-0.05, 0) is 38.5 Å². The van der Waals surface area contributed by atoms with E-state index in [4.69, 9.17) is 26.4 Å². The molecule has 3 heterocycles. The number of carbonyl (C=O) groups excluding carboxylic acids is 1. The van der Waals surface area contributed by atoms with Crippen molar-refractivity contribution in [3.05, 3.63) is 62.5 Å². The number of rotatable bonds is 6. The smallest absolute Gasteiger partial charge is 0.308 e. The van der Waals surface area contributed by atoms with Crippen LogP contribution < -0.4 is 0 Å². The molecule has 10 heteroatoms. The number of hydrogen-bond donors (Lipinski definition) is 2. The number of ether oxygens (including phenoxy) is 1. The summed E-state index contributed by atoms with van der Waals surface area (Å²) in [7, 11) is 0. The van der Waals surface area contributed by atoms with Crippen LogP contribution >= 0.6 is 22.9 Å². The van der Waals surface area contributed by atoms with E-state index in [9.17, 15) is 9.90 Å². The number of carbonyl (C=O) groups is 1. The largest absolute Gasteiger partial charge is 0.463 e. The number of aliphatic imine (C=N–C) groups is 1. The fourth-order valence-corrected chi connectivity index (χ4v) is 4.93. The maximum atomic E-state index is 12.5. The highest BCUT2D eigenvalue weighted by molar-refractivity contribution is 7.15. The molecule has 0 saturated heterocycles. The van der Waals surface area contributed by atoms with E-state index in [2.05, 4.69) is 24.0 Å². The summed E-state index contributed by atoms with van der Waals surface area (Å²) in [5.41, 5.74) is 3.70. The summed E-state index contributed by atoms with van der Waals surface area (Å²) < 4.78 is 7.08. The molecule has 0 spiro atoms. The van der Waals surface area contributed by atoms with Crippen LogP contribution in [0.5, 0.6) is 0 Å².